The molecule has 1 aliphatic heterocycles. The van der Waals surface area contributed by atoms with E-state index in [0.717, 1.165) is 30.8 Å². The predicted octanol–water partition coefficient (Wildman–Crippen LogP) is 3.51. The number of nitrogens with zero attached hydrogens (tertiary/aromatic N) is 5. The van der Waals surface area contributed by atoms with Crippen LogP contribution in [0, 0.1) is 0 Å². The van der Waals surface area contributed by atoms with Gasteiger partial charge in [-0.3, -0.25) is 9.78 Å². The van der Waals surface area contributed by atoms with E-state index in [-0.39, 0.29) is 24.8 Å². The summed E-state index contributed by atoms with van der Waals surface area (Å²) in [6.45, 7) is 2.14. The van der Waals surface area contributed by atoms with Crippen molar-refractivity contribution in [3.05, 3.63) is 41.0 Å². The molecular formula is C25H34F4N6O. The molecule has 1 N–H and O–H groups in total. The quantitative estimate of drug-likeness (QED) is 0.551. The van der Waals surface area contributed by atoms with Crippen molar-refractivity contribution in [3.63, 3.8) is 0 Å². The van der Waals surface area contributed by atoms with E-state index in [4.69, 9.17) is 0 Å². The molecule has 0 bridgehead atoms. The van der Waals surface area contributed by atoms with E-state index in [1.165, 1.54) is 4.80 Å². The van der Waals surface area contributed by atoms with Gasteiger partial charge in [0.1, 0.15) is 5.67 Å². The Morgan fingerprint density at radius 1 is 1.17 bits per heavy atom. The molecule has 1 amide bonds. The van der Waals surface area contributed by atoms with E-state index in [9.17, 15) is 18.0 Å². The van der Waals surface area contributed by atoms with Gasteiger partial charge >= 0.3 is 6.18 Å². The molecule has 1 aliphatic carbocycles. The highest BCUT2D eigenvalue weighted by molar-refractivity contribution is 5.78. The van der Waals surface area contributed by atoms with Crippen LogP contribution in [0.2, 0.25) is 0 Å². The summed E-state index contributed by atoms with van der Waals surface area (Å²) < 4.78 is 53.1. The highest BCUT2D eigenvalue weighted by atomic mass is 19.4. The van der Waals surface area contributed by atoms with E-state index >= 15 is 4.39 Å². The number of amides is 1. The molecule has 2 aromatic rings. The molecule has 0 atom stereocenters. The maximum Gasteiger partial charge on any atom is 0.389 e. The average molecular weight is 511 g/mol. The van der Waals surface area contributed by atoms with Gasteiger partial charge in [-0.05, 0) is 56.6 Å². The van der Waals surface area contributed by atoms with Crippen molar-refractivity contribution in [1.82, 2.24) is 30.2 Å². The number of carbonyl (C=O) groups is 1. The van der Waals surface area contributed by atoms with Gasteiger partial charge in [0, 0.05) is 57.0 Å². The zero-order chi connectivity index (χ0) is 25.8. The van der Waals surface area contributed by atoms with Gasteiger partial charge in [-0.1, -0.05) is 6.07 Å². The van der Waals surface area contributed by atoms with Gasteiger partial charge in [-0.15, -0.1) is 0 Å². The highest BCUT2D eigenvalue weighted by Gasteiger charge is 2.36. The second-order valence-corrected chi connectivity index (χ2v) is 10.1. The summed E-state index contributed by atoms with van der Waals surface area (Å²) in [7, 11) is 1.70. The lowest BCUT2D eigenvalue weighted by molar-refractivity contribution is -0.134. The zero-order valence-corrected chi connectivity index (χ0v) is 20.7. The number of hydrogen-bond acceptors (Lipinski definition) is 5. The van der Waals surface area contributed by atoms with Crippen LogP contribution in [0.15, 0.2) is 18.3 Å². The number of halogens is 4. The summed E-state index contributed by atoms with van der Waals surface area (Å²) in [4.78, 5) is 20.4. The fourth-order valence-electron chi connectivity index (χ4n) is 5.11. The standard InChI is InChI=1S/C25H34F4N6O/c1-34-30-17-21(33-34)16-23(36)32-20-4-9-24(26,10-5-20)12-15-35-13-7-18-2-3-19(6-11-25(27,28)29)31-22(18)8-14-35/h2-3,17,20H,4-16H2,1H3,(H,32,36)/t20-,24+. The van der Waals surface area contributed by atoms with Crippen molar-refractivity contribution in [2.75, 3.05) is 19.6 Å². The Hall–Kier alpha value is -2.56. The summed E-state index contributed by atoms with van der Waals surface area (Å²) in [5.41, 5.74) is 1.78. The van der Waals surface area contributed by atoms with E-state index < -0.39 is 18.3 Å². The second-order valence-electron chi connectivity index (χ2n) is 10.1. The molecular weight excluding hydrogens is 476 g/mol. The van der Waals surface area contributed by atoms with E-state index in [1.807, 2.05) is 6.07 Å². The van der Waals surface area contributed by atoms with Crippen LogP contribution in [0.4, 0.5) is 17.6 Å². The number of pyridine rings is 1. The zero-order valence-electron chi connectivity index (χ0n) is 20.7. The molecule has 0 saturated heterocycles. The molecule has 36 heavy (non-hydrogen) atoms. The molecule has 0 aromatic carbocycles. The van der Waals surface area contributed by atoms with Crippen LogP contribution in [0.5, 0.6) is 0 Å². The minimum absolute atomic E-state index is 0.0247. The number of alkyl halides is 4. The number of carbonyl (C=O) groups excluding carboxylic acids is 1. The topological polar surface area (TPSA) is 75.9 Å². The smallest absolute Gasteiger partial charge is 0.353 e. The van der Waals surface area contributed by atoms with Crippen molar-refractivity contribution in [1.29, 1.82) is 0 Å². The number of fused-ring (bicyclic) bond motifs is 1. The van der Waals surface area contributed by atoms with Gasteiger partial charge in [0.2, 0.25) is 5.91 Å². The number of aryl methyl sites for hydroxylation is 2. The summed E-state index contributed by atoms with van der Waals surface area (Å²) in [6.07, 6.45) is 0.500. The van der Waals surface area contributed by atoms with Gasteiger partial charge in [0.15, 0.2) is 0 Å². The molecule has 11 heteroatoms. The molecule has 2 aliphatic rings. The highest BCUT2D eigenvalue weighted by Crippen LogP contribution is 2.35. The van der Waals surface area contributed by atoms with E-state index in [1.54, 1.807) is 19.3 Å². The van der Waals surface area contributed by atoms with Crippen LogP contribution >= 0.6 is 0 Å². The minimum atomic E-state index is -4.18. The lowest BCUT2D eigenvalue weighted by atomic mass is 9.81. The third kappa shape index (κ3) is 7.72. The Morgan fingerprint density at radius 2 is 1.92 bits per heavy atom. The first-order valence-corrected chi connectivity index (χ1v) is 12.7. The molecule has 2 aromatic heterocycles. The summed E-state index contributed by atoms with van der Waals surface area (Å²) in [6, 6.07) is 3.57. The summed E-state index contributed by atoms with van der Waals surface area (Å²) in [5.74, 6) is -0.119. The van der Waals surface area contributed by atoms with Crippen molar-refractivity contribution < 1.29 is 22.4 Å². The third-order valence-electron chi connectivity index (χ3n) is 7.26. The lowest BCUT2D eigenvalue weighted by Gasteiger charge is -2.35. The maximum absolute atomic E-state index is 15.5. The Balaban J connectivity index is 1.19. The van der Waals surface area contributed by atoms with Gasteiger partial charge in [-0.25, -0.2) is 4.39 Å². The average Bonchev–Trinajstić information content (AvgIpc) is 3.11. The van der Waals surface area contributed by atoms with Crippen LogP contribution in [0.25, 0.3) is 0 Å². The number of aromatic nitrogens is 4. The Kier molecular flexibility index (Phi) is 8.27. The van der Waals surface area contributed by atoms with Gasteiger partial charge in [-0.2, -0.15) is 28.2 Å². The van der Waals surface area contributed by atoms with E-state index in [2.05, 4.69) is 25.4 Å². The molecule has 1 fully saturated rings. The number of nitrogens with one attached hydrogen (secondary N) is 1. The lowest BCUT2D eigenvalue weighted by Crippen LogP contribution is -2.43. The normalized spacial score (nSPS) is 23.2. The predicted molar refractivity (Wildman–Crippen MR) is 126 cm³/mol. The van der Waals surface area contributed by atoms with Crippen molar-refractivity contribution in [3.8, 4) is 0 Å². The number of hydrogen-bond donors (Lipinski definition) is 1. The largest absolute Gasteiger partial charge is 0.389 e. The first kappa shape index (κ1) is 26.5. The molecule has 1 saturated carbocycles. The first-order valence-electron chi connectivity index (χ1n) is 12.7. The fraction of sp³-hybridized carbons (Fsp3) is 0.680. The third-order valence-corrected chi connectivity index (χ3v) is 7.26. The maximum atomic E-state index is 15.5. The van der Waals surface area contributed by atoms with Crippen LogP contribution in [0.1, 0.15) is 61.2 Å². The summed E-state index contributed by atoms with van der Waals surface area (Å²) in [5, 5.41) is 11.1. The van der Waals surface area contributed by atoms with Crippen molar-refractivity contribution in [2.24, 2.45) is 7.05 Å². The Labute approximate surface area is 208 Å². The van der Waals surface area contributed by atoms with Crippen LogP contribution in [0.3, 0.4) is 0 Å². The Morgan fingerprint density at radius 3 is 2.61 bits per heavy atom. The molecule has 0 unspecified atom stereocenters. The van der Waals surface area contributed by atoms with Crippen LogP contribution < -0.4 is 5.32 Å². The van der Waals surface area contributed by atoms with Crippen molar-refractivity contribution >= 4 is 5.91 Å². The molecule has 0 spiro atoms. The summed E-state index contributed by atoms with van der Waals surface area (Å²) >= 11 is 0. The fourth-order valence-corrected chi connectivity index (χ4v) is 5.11. The van der Waals surface area contributed by atoms with Crippen LogP contribution in [-0.2, 0) is 37.5 Å². The monoisotopic (exact) mass is 510 g/mol. The second kappa shape index (κ2) is 11.2. The first-order chi connectivity index (χ1) is 17.1. The molecule has 198 valence electrons. The SMILES string of the molecule is Cn1ncc(CC(=O)N[C@H]2CC[C@](F)(CCN3CCc4ccc(CCC(F)(F)F)nc4CC3)CC2)n1. The minimum Gasteiger partial charge on any atom is -0.353 e. The number of rotatable bonds is 8. The van der Waals surface area contributed by atoms with Crippen molar-refractivity contribution in [2.45, 2.75) is 82.1 Å². The molecule has 4 rings (SSSR count). The van der Waals surface area contributed by atoms with Gasteiger partial charge in [0.05, 0.1) is 18.3 Å². The van der Waals surface area contributed by atoms with Gasteiger partial charge < -0.3 is 10.2 Å². The molecule has 3 heterocycles. The molecule has 0 radical (unpaired) electrons. The Bertz CT molecular complexity index is 1030. The van der Waals surface area contributed by atoms with Crippen LogP contribution in [-0.4, -0.2) is 68.3 Å². The molecule has 7 nitrogen and oxygen atoms in total. The van der Waals surface area contributed by atoms with Gasteiger partial charge in [0.25, 0.3) is 0 Å². The van der Waals surface area contributed by atoms with E-state index in [0.29, 0.717) is 56.5 Å².